The molecule has 0 radical (unpaired) electrons. The van der Waals surface area contributed by atoms with Gasteiger partial charge in [-0.3, -0.25) is 4.90 Å². The van der Waals surface area contributed by atoms with Crippen molar-refractivity contribution in [2.24, 2.45) is 0 Å². The van der Waals surface area contributed by atoms with E-state index in [0.29, 0.717) is 26.3 Å². The first-order valence-electron chi connectivity index (χ1n) is 6.58. The first-order chi connectivity index (χ1) is 8.70. The van der Waals surface area contributed by atoms with Crippen molar-refractivity contribution in [1.29, 1.82) is 0 Å². The summed E-state index contributed by atoms with van der Waals surface area (Å²) < 4.78 is 30.3. The number of aliphatic hydroxyl groups excluding tert-OH is 1. The van der Waals surface area contributed by atoms with E-state index in [2.05, 4.69) is 4.90 Å². The quantitative estimate of drug-likeness (QED) is 0.756. The average Bonchev–Trinajstić information content (AvgIpc) is 2.34. The van der Waals surface area contributed by atoms with Gasteiger partial charge in [-0.15, -0.1) is 0 Å². The van der Waals surface area contributed by atoms with Crippen LogP contribution in [0.25, 0.3) is 0 Å². The third-order valence-corrected chi connectivity index (χ3v) is 6.00. The van der Waals surface area contributed by atoms with E-state index in [9.17, 15) is 13.5 Å². The van der Waals surface area contributed by atoms with Gasteiger partial charge in [0.1, 0.15) is 0 Å². The van der Waals surface area contributed by atoms with E-state index in [1.807, 2.05) is 0 Å². The summed E-state index contributed by atoms with van der Waals surface area (Å²) in [7, 11) is -1.68. The molecule has 0 amide bonds. The van der Waals surface area contributed by atoms with Crippen molar-refractivity contribution in [3.8, 4) is 0 Å². The summed E-state index contributed by atoms with van der Waals surface area (Å²) in [6.07, 6.45) is 0. The van der Waals surface area contributed by atoms with Gasteiger partial charge in [0.2, 0.25) is 10.0 Å². The highest BCUT2D eigenvalue weighted by Gasteiger charge is 2.33. The van der Waals surface area contributed by atoms with Gasteiger partial charge in [0.05, 0.1) is 30.6 Å². The first kappa shape index (κ1) is 16.8. The van der Waals surface area contributed by atoms with Crippen LogP contribution in [0.15, 0.2) is 0 Å². The number of hydrogen-bond acceptors (Lipinski definition) is 5. The van der Waals surface area contributed by atoms with Gasteiger partial charge in [-0.25, -0.2) is 12.7 Å². The second kappa shape index (κ2) is 6.49. The lowest BCUT2D eigenvalue weighted by molar-refractivity contribution is -0.0279. The van der Waals surface area contributed by atoms with Gasteiger partial charge < -0.3 is 9.84 Å². The molecule has 19 heavy (non-hydrogen) atoms. The van der Waals surface area contributed by atoms with Gasteiger partial charge in [0.25, 0.3) is 0 Å². The van der Waals surface area contributed by atoms with Crippen LogP contribution < -0.4 is 0 Å². The Kier molecular flexibility index (Phi) is 5.76. The summed E-state index contributed by atoms with van der Waals surface area (Å²) in [4.78, 5) is 2.08. The minimum absolute atomic E-state index is 0.0282. The van der Waals surface area contributed by atoms with E-state index in [1.54, 1.807) is 27.8 Å². The maximum absolute atomic E-state index is 12.2. The molecule has 1 rings (SSSR count). The molecule has 0 spiro atoms. The zero-order valence-corrected chi connectivity index (χ0v) is 13.1. The fourth-order valence-electron chi connectivity index (χ4n) is 2.01. The summed E-state index contributed by atoms with van der Waals surface area (Å²) >= 11 is 0. The van der Waals surface area contributed by atoms with Crippen LogP contribution in [0.5, 0.6) is 0 Å². The van der Waals surface area contributed by atoms with E-state index in [4.69, 9.17) is 4.74 Å². The molecule has 1 atom stereocenters. The Bertz CT molecular complexity index is 378. The van der Waals surface area contributed by atoms with Crippen molar-refractivity contribution in [2.75, 3.05) is 46.5 Å². The Hall–Kier alpha value is -0.210. The molecular formula is C12H26N2O4S. The van der Waals surface area contributed by atoms with Crippen LogP contribution >= 0.6 is 0 Å². The van der Waals surface area contributed by atoms with Gasteiger partial charge in [0, 0.05) is 26.7 Å². The van der Waals surface area contributed by atoms with E-state index < -0.39 is 14.8 Å². The Morgan fingerprint density at radius 2 is 2.05 bits per heavy atom. The summed E-state index contributed by atoms with van der Waals surface area (Å²) in [5, 5.41) is 9.26. The van der Waals surface area contributed by atoms with Crippen LogP contribution in [-0.2, 0) is 14.8 Å². The number of aliphatic hydroxyl groups is 1. The highest BCUT2D eigenvalue weighted by atomic mass is 32.2. The third-order valence-electron chi connectivity index (χ3n) is 3.45. The Balaban J connectivity index is 2.56. The summed E-state index contributed by atoms with van der Waals surface area (Å²) in [5.74, 6) is 0. The fourth-order valence-corrected chi connectivity index (χ4v) is 3.27. The van der Waals surface area contributed by atoms with Crippen LogP contribution in [-0.4, -0.2) is 80.0 Å². The molecule has 0 aromatic heterocycles. The van der Waals surface area contributed by atoms with Crippen molar-refractivity contribution in [2.45, 2.75) is 31.6 Å². The average molecular weight is 294 g/mol. The molecule has 1 unspecified atom stereocenters. The third kappa shape index (κ3) is 4.13. The Morgan fingerprint density at radius 3 is 2.58 bits per heavy atom. The van der Waals surface area contributed by atoms with Gasteiger partial charge in [-0.1, -0.05) is 0 Å². The van der Waals surface area contributed by atoms with Gasteiger partial charge in [0.15, 0.2) is 0 Å². The summed E-state index contributed by atoms with van der Waals surface area (Å²) in [6, 6.07) is -0.0282. The van der Waals surface area contributed by atoms with E-state index in [1.165, 1.54) is 4.31 Å². The molecule has 0 bridgehead atoms. The fraction of sp³-hybridized carbons (Fsp3) is 1.00. The molecule has 0 aliphatic carbocycles. The van der Waals surface area contributed by atoms with Gasteiger partial charge in [-0.2, -0.15) is 0 Å². The lowest BCUT2D eigenvalue weighted by Gasteiger charge is -2.36. The lowest BCUT2D eigenvalue weighted by atomic mass is 10.2. The lowest BCUT2D eigenvalue weighted by Crippen LogP contribution is -2.51. The Morgan fingerprint density at radius 1 is 1.42 bits per heavy atom. The molecule has 0 aromatic rings. The van der Waals surface area contributed by atoms with Crippen molar-refractivity contribution in [3.05, 3.63) is 0 Å². The molecule has 0 saturated carbocycles. The van der Waals surface area contributed by atoms with E-state index in [-0.39, 0.29) is 12.6 Å². The second-order valence-corrected chi connectivity index (χ2v) is 8.68. The molecule has 6 nitrogen and oxygen atoms in total. The highest BCUT2D eigenvalue weighted by Crippen LogP contribution is 2.18. The Labute approximate surface area is 116 Å². The monoisotopic (exact) mass is 294 g/mol. The topological polar surface area (TPSA) is 70.1 Å². The summed E-state index contributed by atoms with van der Waals surface area (Å²) in [6.45, 7) is 8.04. The number of hydrogen-bond donors (Lipinski definition) is 1. The molecule has 1 fully saturated rings. The van der Waals surface area contributed by atoms with Crippen LogP contribution in [0, 0.1) is 0 Å². The zero-order chi connectivity index (χ0) is 14.7. The first-order valence-corrected chi connectivity index (χ1v) is 8.02. The van der Waals surface area contributed by atoms with Gasteiger partial charge in [-0.05, 0) is 20.8 Å². The molecule has 114 valence electrons. The van der Waals surface area contributed by atoms with Crippen LogP contribution in [0.3, 0.4) is 0 Å². The van der Waals surface area contributed by atoms with Crippen molar-refractivity contribution < 1.29 is 18.3 Å². The molecule has 1 aliphatic heterocycles. The minimum Gasteiger partial charge on any atom is -0.395 e. The number of rotatable bonds is 5. The SMILES string of the molecule is CN(CCN1CCOCC1CO)S(=O)(=O)C(C)(C)C. The predicted molar refractivity (Wildman–Crippen MR) is 74.6 cm³/mol. The summed E-state index contributed by atoms with van der Waals surface area (Å²) in [5.41, 5.74) is 0. The molecule has 1 aliphatic rings. The maximum atomic E-state index is 12.2. The largest absolute Gasteiger partial charge is 0.395 e. The number of sulfonamides is 1. The minimum atomic E-state index is -3.29. The second-order valence-electron chi connectivity index (χ2n) is 5.89. The number of morpholine rings is 1. The van der Waals surface area contributed by atoms with Crippen LogP contribution in [0.2, 0.25) is 0 Å². The standard InChI is InChI=1S/C12H26N2O4S/c1-12(2,3)19(16,17)13(4)5-6-14-7-8-18-10-11(14)9-15/h11,15H,5-10H2,1-4H3. The maximum Gasteiger partial charge on any atom is 0.218 e. The normalized spacial score (nSPS) is 22.9. The van der Waals surface area contributed by atoms with Crippen molar-refractivity contribution >= 4 is 10.0 Å². The molecule has 7 heteroatoms. The number of ether oxygens (including phenoxy) is 1. The van der Waals surface area contributed by atoms with Crippen molar-refractivity contribution in [1.82, 2.24) is 9.21 Å². The van der Waals surface area contributed by atoms with Gasteiger partial charge >= 0.3 is 0 Å². The highest BCUT2D eigenvalue weighted by molar-refractivity contribution is 7.90. The van der Waals surface area contributed by atoms with E-state index >= 15 is 0 Å². The number of nitrogens with zero attached hydrogens (tertiary/aromatic N) is 2. The predicted octanol–water partition coefficient (Wildman–Crippen LogP) is -0.260. The number of likely N-dealkylation sites (N-methyl/N-ethyl adjacent to an activating group) is 1. The zero-order valence-electron chi connectivity index (χ0n) is 12.3. The molecule has 1 N–H and O–H groups in total. The molecule has 1 saturated heterocycles. The molecule has 1 heterocycles. The molecular weight excluding hydrogens is 268 g/mol. The molecule has 0 aromatic carbocycles. The van der Waals surface area contributed by atoms with E-state index in [0.717, 1.165) is 6.54 Å². The van der Waals surface area contributed by atoms with Crippen molar-refractivity contribution in [3.63, 3.8) is 0 Å². The van der Waals surface area contributed by atoms with Crippen LogP contribution in [0.1, 0.15) is 20.8 Å². The van der Waals surface area contributed by atoms with Crippen LogP contribution in [0.4, 0.5) is 0 Å². The smallest absolute Gasteiger partial charge is 0.218 e.